The van der Waals surface area contributed by atoms with Gasteiger partial charge in [-0.1, -0.05) is 0 Å². The molecule has 21 heavy (non-hydrogen) atoms. The van der Waals surface area contributed by atoms with Crippen molar-refractivity contribution in [2.75, 3.05) is 18.9 Å². The molecule has 2 aromatic heterocycles. The van der Waals surface area contributed by atoms with Crippen molar-refractivity contribution in [1.29, 1.82) is 0 Å². The van der Waals surface area contributed by atoms with Gasteiger partial charge in [0.25, 0.3) is 0 Å². The molecule has 2 aliphatic rings. The minimum absolute atomic E-state index is 0.254. The highest BCUT2D eigenvalue weighted by molar-refractivity contribution is 5.48. The van der Waals surface area contributed by atoms with Crippen molar-refractivity contribution in [3.05, 3.63) is 22.9 Å². The lowest BCUT2D eigenvalue weighted by Gasteiger charge is -2.36. The van der Waals surface area contributed by atoms with Crippen LogP contribution in [0.4, 0.5) is 5.82 Å². The molecule has 7 heteroatoms. The van der Waals surface area contributed by atoms with Gasteiger partial charge in [-0.25, -0.2) is 19.3 Å². The molecule has 2 N–H and O–H groups in total. The Labute approximate surface area is 122 Å². The molecule has 7 nitrogen and oxygen atoms in total. The summed E-state index contributed by atoms with van der Waals surface area (Å²) in [5.41, 5.74) is 0.344. The number of hydrogen-bond acceptors (Lipinski definition) is 5. The molecule has 0 spiro atoms. The Morgan fingerprint density at radius 2 is 2.14 bits per heavy atom. The average Bonchev–Trinajstić information content (AvgIpc) is 2.93. The van der Waals surface area contributed by atoms with Crippen LogP contribution in [-0.2, 0) is 0 Å². The fourth-order valence-corrected chi connectivity index (χ4v) is 3.85. The van der Waals surface area contributed by atoms with E-state index in [0.29, 0.717) is 11.6 Å². The molecule has 2 aliphatic heterocycles. The van der Waals surface area contributed by atoms with Crippen molar-refractivity contribution in [1.82, 2.24) is 24.5 Å². The first-order valence-electron chi connectivity index (χ1n) is 7.59. The van der Waals surface area contributed by atoms with Gasteiger partial charge in [0.2, 0.25) is 0 Å². The summed E-state index contributed by atoms with van der Waals surface area (Å²) in [7, 11) is 2.26. The van der Waals surface area contributed by atoms with E-state index >= 15 is 0 Å². The normalized spacial score (nSPS) is 29.1. The maximum absolute atomic E-state index is 11.4. The molecule has 112 valence electrons. The summed E-state index contributed by atoms with van der Waals surface area (Å²) >= 11 is 0. The molecule has 2 fully saturated rings. The predicted molar refractivity (Wildman–Crippen MR) is 79.4 cm³/mol. The first-order valence-corrected chi connectivity index (χ1v) is 7.59. The van der Waals surface area contributed by atoms with Gasteiger partial charge in [-0.2, -0.15) is 5.10 Å². The van der Waals surface area contributed by atoms with Crippen molar-refractivity contribution in [2.45, 2.75) is 37.8 Å². The lowest BCUT2D eigenvalue weighted by Crippen LogP contribution is -2.41. The summed E-state index contributed by atoms with van der Waals surface area (Å²) in [6.45, 7) is 0.943. The molecule has 4 rings (SSSR count). The number of nitrogens with zero attached hydrogens (tertiary/aromatic N) is 4. The topological polar surface area (TPSA) is 78.3 Å². The number of nitrogens with one attached hydrogen (secondary N) is 2. The van der Waals surface area contributed by atoms with Crippen molar-refractivity contribution in [3.8, 4) is 0 Å². The second-order valence-electron chi connectivity index (χ2n) is 6.30. The number of aromatic amines is 1. The maximum atomic E-state index is 11.4. The highest BCUT2D eigenvalue weighted by atomic mass is 16.1. The van der Waals surface area contributed by atoms with Gasteiger partial charge in [-0.05, 0) is 38.6 Å². The zero-order valence-corrected chi connectivity index (χ0v) is 12.1. The summed E-state index contributed by atoms with van der Waals surface area (Å²) in [5.74, 6) is 1.49. The highest BCUT2D eigenvalue weighted by Crippen LogP contribution is 2.37. The molecule has 2 unspecified atom stereocenters. The third-order valence-electron chi connectivity index (χ3n) is 5.08. The van der Waals surface area contributed by atoms with Crippen molar-refractivity contribution in [2.24, 2.45) is 5.92 Å². The van der Waals surface area contributed by atoms with E-state index in [1.54, 1.807) is 0 Å². The molecule has 0 amide bonds. The van der Waals surface area contributed by atoms with Crippen molar-refractivity contribution >= 4 is 11.5 Å². The van der Waals surface area contributed by atoms with Crippen LogP contribution < -0.4 is 11.0 Å². The predicted octanol–water partition coefficient (Wildman–Crippen LogP) is 0.702. The second kappa shape index (κ2) is 4.84. The Morgan fingerprint density at radius 1 is 1.38 bits per heavy atom. The number of rotatable bonds is 3. The monoisotopic (exact) mass is 288 g/mol. The Hall–Kier alpha value is -1.89. The number of piperidine rings is 1. The molecule has 0 radical (unpaired) electrons. The third kappa shape index (κ3) is 2.21. The average molecular weight is 288 g/mol. The molecule has 2 aromatic rings. The molecule has 0 saturated carbocycles. The highest BCUT2D eigenvalue weighted by Gasteiger charge is 2.38. The van der Waals surface area contributed by atoms with Crippen LogP contribution in [0.1, 0.15) is 25.7 Å². The van der Waals surface area contributed by atoms with Gasteiger partial charge in [0, 0.05) is 24.7 Å². The van der Waals surface area contributed by atoms with Gasteiger partial charge in [0.1, 0.15) is 12.1 Å². The standard InChI is InChI=1S/C14H20N6O/c1-19-10-2-3-11(19)5-9(4-10)7-15-12-6-13-17-18-14(21)20(13)8-16-12/h6,8-11,15H,2-5,7H2,1H3,(H,18,21). The molecule has 4 heterocycles. The van der Waals surface area contributed by atoms with Crippen LogP contribution in [-0.4, -0.2) is 50.2 Å². The number of hydrogen-bond donors (Lipinski definition) is 2. The molecule has 0 aromatic carbocycles. The van der Waals surface area contributed by atoms with E-state index in [2.05, 4.69) is 32.4 Å². The van der Waals surface area contributed by atoms with Crippen molar-refractivity contribution in [3.63, 3.8) is 0 Å². The van der Waals surface area contributed by atoms with E-state index in [1.165, 1.54) is 36.4 Å². The first kappa shape index (κ1) is 12.8. The minimum atomic E-state index is -0.254. The summed E-state index contributed by atoms with van der Waals surface area (Å²) in [4.78, 5) is 18.2. The molecule has 0 aliphatic carbocycles. The van der Waals surface area contributed by atoms with E-state index in [9.17, 15) is 4.79 Å². The summed E-state index contributed by atoms with van der Waals surface area (Å²) < 4.78 is 1.40. The SMILES string of the molecule is CN1C2CCC1CC(CNc1cc3n[nH]c(=O)n3cn1)C2. The smallest absolute Gasteiger partial charge is 0.348 e. The van der Waals surface area contributed by atoms with Crippen molar-refractivity contribution < 1.29 is 0 Å². The van der Waals surface area contributed by atoms with Crippen LogP contribution in [0.25, 0.3) is 5.65 Å². The van der Waals surface area contributed by atoms with Gasteiger partial charge >= 0.3 is 5.69 Å². The van der Waals surface area contributed by atoms with Gasteiger partial charge in [0.05, 0.1) is 0 Å². The number of H-pyrrole nitrogens is 1. The van der Waals surface area contributed by atoms with E-state index in [1.807, 2.05) is 6.07 Å². The Bertz CT molecular complexity index is 693. The van der Waals surface area contributed by atoms with E-state index in [0.717, 1.165) is 24.4 Å². The van der Waals surface area contributed by atoms with Crippen LogP contribution in [0.5, 0.6) is 0 Å². The maximum Gasteiger partial charge on any atom is 0.348 e. The fraction of sp³-hybridized carbons (Fsp3) is 0.643. The third-order valence-corrected chi connectivity index (χ3v) is 5.08. The van der Waals surface area contributed by atoms with Crippen LogP contribution in [0.15, 0.2) is 17.2 Å². The zero-order chi connectivity index (χ0) is 14.4. The number of anilines is 1. The molecule has 2 saturated heterocycles. The molecular formula is C14H20N6O. The summed E-state index contributed by atoms with van der Waals surface area (Å²) in [6, 6.07) is 3.33. The second-order valence-corrected chi connectivity index (χ2v) is 6.30. The Morgan fingerprint density at radius 3 is 2.90 bits per heavy atom. The van der Waals surface area contributed by atoms with Gasteiger partial charge in [-0.15, -0.1) is 0 Å². The van der Waals surface area contributed by atoms with Gasteiger partial charge in [0.15, 0.2) is 5.65 Å². The number of aromatic nitrogens is 4. The first-order chi connectivity index (χ1) is 10.2. The largest absolute Gasteiger partial charge is 0.370 e. The van der Waals surface area contributed by atoms with Gasteiger partial charge < -0.3 is 10.2 Å². The fourth-order valence-electron chi connectivity index (χ4n) is 3.85. The summed E-state index contributed by atoms with van der Waals surface area (Å²) in [5, 5.41) is 9.78. The molecule has 2 atom stereocenters. The molecular weight excluding hydrogens is 268 g/mol. The lowest BCUT2D eigenvalue weighted by molar-refractivity contribution is 0.139. The Balaban J connectivity index is 1.43. The van der Waals surface area contributed by atoms with Crippen LogP contribution >= 0.6 is 0 Å². The van der Waals surface area contributed by atoms with Gasteiger partial charge in [-0.3, -0.25) is 0 Å². The van der Waals surface area contributed by atoms with E-state index < -0.39 is 0 Å². The minimum Gasteiger partial charge on any atom is -0.370 e. The Kier molecular flexibility index (Phi) is 2.95. The van der Waals surface area contributed by atoms with Crippen LogP contribution in [0, 0.1) is 5.92 Å². The summed E-state index contributed by atoms with van der Waals surface area (Å²) in [6.07, 6.45) is 6.74. The number of fused-ring (bicyclic) bond motifs is 3. The lowest BCUT2D eigenvalue weighted by atomic mass is 9.91. The molecule has 2 bridgehead atoms. The van der Waals surface area contributed by atoms with Crippen LogP contribution in [0.3, 0.4) is 0 Å². The van der Waals surface area contributed by atoms with Crippen LogP contribution in [0.2, 0.25) is 0 Å². The quantitative estimate of drug-likeness (QED) is 0.869. The zero-order valence-electron chi connectivity index (χ0n) is 12.1. The van der Waals surface area contributed by atoms with E-state index in [-0.39, 0.29) is 5.69 Å². The van der Waals surface area contributed by atoms with E-state index in [4.69, 9.17) is 0 Å².